The average molecular weight is 370 g/mol. The van der Waals surface area contributed by atoms with Crippen LogP contribution < -0.4 is 15.4 Å². The number of nitrogens with one attached hydrogen (secondary N) is 3. The molecule has 0 amide bonds. The van der Waals surface area contributed by atoms with Gasteiger partial charge in [-0.2, -0.15) is 0 Å². The molecule has 3 N–H and O–H groups in total. The maximum Gasteiger partial charge on any atom is 0.234 e. The van der Waals surface area contributed by atoms with E-state index in [9.17, 15) is 12.8 Å². The van der Waals surface area contributed by atoms with E-state index in [1.807, 2.05) is 0 Å². The van der Waals surface area contributed by atoms with E-state index in [4.69, 9.17) is 0 Å². The van der Waals surface area contributed by atoms with Crippen LogP contribution in [0, 0.1) is 12.7 Å². The molecule has 1 aliphatic rings. The largest absolute Gasteiger partial charge is 0.355 e. The number of benzene rings is 1. The van der Waals surface area contributed by atoms with Gasteiger partial charge in [0.05, 0.1) is 11.4 Å². The maximum absolute atomic E-state index is 13.5. The second-order valence-corrected chi connectivity index (χ2v) is 8.21. The third-order valence-corrected chi connectivity index (χ3v) is 5.57. The van der Waals surface area contributed by atoms with Crippen LogP contribution in [-0.4, -0.2) is 39.8 Å². The van der Waals surface area contributed by atoms with Gasteiger partial charge in [-0.15, -0.1) is 0 Å². The second kappa shape index (κ2) is 9.03. The summed E-state index contributed by atoms with van der Waals surface area (Å²) < 4.78 is 40.1. The number of anilines is 1. The summed E-state index contributed by atoms with van der Waals surface area (Å²) in [5.41, 5.74) is 0.704. The summed E-state index contributed by atoms with van der Waals surface area (Å²) in [4.78, 5) is 4.14. The SMILES string of the molecule is CN=C(NCCS(=O)(=O)Nc1ccc(C)c(F)c1)NC1CCCCC1. The molecule has 1 fully saturated rings. The lowest BCUT2D eigenvalue weighted by Gasteiger charge is -2.24. The van der Waals surface area contributed by atoms with E-state index in [1.54, 1.807) is 26.1 Å². The summed E-state index contributed by atoms with van der Waals surface area (Å²) >= 11 is 0. The highest BCUT2D eigenvalue weighted by Gasteiger charge is 2.15. The minimum absolute atomic E-state index is 0.131. The third-order valence-electron chi connectivity index (χ3n) is 4.28. The van der Waals surface area contributed by atoms with Crippen LogP contribution in [0.5, 0.6) is 0 Å². The molecule has 0 atom stereocenters. The van der Waals surface area contributed by atoms with Gasteiger partial charge in [0, 0.05) is 19.6 Å². The monoisotopic (exact) mass is 370 g/mol. The number of hydrogen-bond donors (Lipinski definition) is 3. The zero-order valence-electron chi connectivity index (χ0n) is 14.8. The van der Waals surface area contributed by atoms with Crippen LogP contribution in [0.25, 0.3) is 0 Å². The number of guanidine groups is 1. The number of halogens is 1. The van der Waals surface area contributed by atoms with Crippen LogP contribution in [0.4, 0.5) is 10.1 Å². The molecule has 0 heterocycles. The summed E-state index contributed by atoms with van der Waals surface area (Å²) in [5.74, 6) is 0.0484. The Bertz CT molecular complexity index is 701. The van der Waals surface area contributed by atoms with Gasteiger partial charge >= 0.3 is 0 Å². The van der Waals surface area contributed by atoms with Crippen LogP contribution in [-0.2, 0) is 10.0 Å². The molecular weight excluding hydrogens is 343 g/mol. The molecule has 1 aliphatic carbocycles. The van der Waals surface area contributed by atoms with Gasteiger partial charge in [0.1, 0.15) is 5.82 Å². The van der Waals surface area contributed by atoms with Crippen LogP contribution in [0.3, 0.4) is 0 Å². The Morgan fingerprint density at radius 1 is 1.28 bits per heavy atom. The van der Waals surface area contributed by atoms with E-state index < -0.39 is 15.8 Å². The molecule has 1 aromatic carbocycles. The molecule has 6 nitrogen and oxygen atoms in total. The predicted octanol–water partition coefficient (Wildman–Crippen LogP) is 2.37. The van der Waals surface area contributed by atoms with E-state index >= 15 is 0 Å². The summed E-state index contributed by atoms with van der Waals surface area (Å²) in [7, 11) is -1.90. The summed E-state index contributed by atoms with van der Waals surface area (Å²) in [6.07, 6.45) is 5.91. The number of aliphatic imine (C=N–C) groups is 1. The van der Waals surface area contributed by atoms with Crippen molar-refractivity contribution in [2.45, 2.75) is 45.1 Å². The molecule has 0 radical (unpaired) electrons. The van der Waals surface area contributed by atoms with Crippen LogP contribution in [0.2, 0.25) is 0 Å². The van der Waals surface area contributed by atoms with Crippen molar-refractivity contribution in [3.05, 3.63) is 29.6 Å². The smallest absolute Gasteiger partial charge is 0.234 e. The van der Waals surface area contributed by atoms with Crippen molar-refractivity contribution in [3.63, 3.8) is 0 Å². The summed E-state index contributed by atoms with van der Waals surface area (Å²) in [6.45, 7) is 1.85. The molecule has 25 heavy (non-hydrogen) atoms. The first-order valence-corrected chi connectivity index (χ1v) is 10.3. The maximum atomic E-state index is 13.5. The summed E-state index contributed by atoms with van der Waals surface area (Å²) in [5, 5.41) is 6.35. The van der Waals surface area contributed by atoms with Crippen molar-refractivity contribution < 1.29 is 12.8 Å². The van der Waals surface area contributed by atoms with Gasteiger partial charge in [0.2, 0.25) is 10.0 Å². The Kier molecular flexibility index (Phi) is 7.04. The molecule has 0 aliphatic heterocycles. The van der Waals surface area contributed by atoms with Crippen molar-refractivity contribution in [3.8, 4) is 0 Å². The molecule has 0 spiro atoms. The Morgan fingerprint density at radius 2 is 2.00 bits per heavy atom. The molecule has 0 bridgehead atoms. The molecule has 1 aromatic rings. The van der Waals surface area contributed by atoms with Crippen molar-refractivity contribution >= 4 is 21.7 Å². The zero-order chi connectivity index (χ0) is 18.3. The topological polar surface area (TPSA) is 82.6 Å². The van der Waals surface area contributed by atoms with E-state index in [2.05, 4.69) is 20.3 Å². The van der Waals surface area contributed by atoms with E-state index in [0.29, 0.717) is 17.6 Å². The lowest BCUT2D eigenvalue weighted by molar-refractivity contribution is 0.410. The minimum Gasteiger partial charge on any atom is -0.355 e. The molecule has 140 valence electrons. The summed E-state index contributed by atoms with van der Waals surface area (Å²) in [6, 6.07) is 4.67. The molecule has 8 heteroatoms. The van der Waals surface area contributed by atoms with Gasteiger partial charge < -0.3 is 10.6 Å². The number of nitrogens with zero attached hydrogens (tertiary/aromatic N) is 1. The van der Waals surface area contributed by atoms with Crippen LogP contribution >= 0.6 is 0 Å². The highest BCUT2D eigenvalue weighted by molar-refractivity contribution is 7.92. The first-order valence-electron chi connectivity index (χ1n) is 8.63. The van der Waals surface area contributed by atoms with Gasteiger partial charge in [-0.25, -0.2) is 12.8 Å². The fourth-order valence-electron chi connectivity index (χ4n) is 2.83. The Hall–Kier alpha value is -1.83. The first-order chi connectivity index (χ1) is 11.9. The predicted molar refractivity (Wildman–Crippen MR) is 99.9 cm³/mol. The molecule has 1 saturated carbocycles. The molecule has 2 rings (SSSR count). The normalized spacial score (nSPS) is 16.5. The van der Waals surface area contributed by atoms with Crippen LogP contribution in [0.1, 0.15) is 37.7 Å². The second-order valence-electron chi connectivity index (χ2n) is 6.36. The van der Waals surface area contributed by atoms with E-state index in [1.165, 1.54) is 25.3 Å². The lowest BCUT2D eigenvalue weighted by atomic mass is 9.96. The fourth-order valence-corrected chi connectivity index (χ4v) is 3.78. The van der Waals surface area contributed by atoms with Crippen molar-refractivity contribution in [1.82, 2.24) is 10.6 Å². The van der Waals surface area contributed by atoms with E-state index in [-0.39, 0.29) is 18.0 Å². The minimum atomic E-state index is -3.56. The number of rotatable bonds is 6. The molecular formula is C17H27FN4O2S. The van der Waals surface area contributed by atoms with Crippen molar-refractivity contribution in [2.24, 2.45) is 4.99 Å². The van der Waals surface area contributed by atoms with Gasteiger partial charge in [-0.05, 0) is 37.5 Å². The highest BCUT2D eigenvalue weighted by Crippen LogP contribution is 2.17. The molecule has 0 saturated heterocycles. The molecule has 0 unspecified atom stereocenters. The number of aryl methyl sites for hydroxylation is 1. The third kappa shape index (κ3) is 6.53. The Morgan fingerprint density at radius 3 is 2.64 bits per heavy atom. The van der Waals surface area contributed by atoms with Gasteiger partial charge in [-0.1, -0.05) is 25.3 Å². The Labute approximate surface area is 149 Å². The van der Waals surface area contributed by atoms with Gasteiger partial charge in [0.25, 0.3) is 0 Å². The van der Waals surface area contributed by atoms with Crippen molar-refractivity contribution in [1.29, 1.82) is 0 Å². The van der Waals surface area contributed by atoms with Gasteiger partial charge in [-0.3, -0.25) is 9.71 Å². The van der Waals surface area contributed by atoms with Crippen LogP contribution in [0.15, 0.2) is 23.2 Å². The van der Waals surface area contributed by atoms with Gasteiger partial charge in [0.15, 0.2) is 5.96 Å². The number of hydrogen-bond acceptors (Lipinski definition) is 3. The quantitative estimate of drug-likeness (QED) is 0.530. The Balaban J connectivity index is 1.80. The standard InChI is InChI=1S/C17H27FN4O2S/c1-13-8-9-15(12-16(13)18)22-25(23,24)11-10-20-17(19-2)21-14-6-4-3-5-7-14/h8-9,12,14,22H,3-7,10-11H2,1-2H3,(H2,19,20,21). The fraction of sp³-hybridized carbons (Fsp3) is 0.588. The lowest BCUT2D eigenvalue weighted by Crippen LogP contribution is -2.45. The van der Waals surface area contributed by atoms with E-state index in [0.717, 1.165) is 12.8 Å². The number of sulfonamides is 1. The first kappa shape index (κ1) is 19.5. The van der Waals surface area contributed by atoms with Crippen molar-refractivity contribution in [2.75, 3.05) is 24.1 Å². The average Bonchev–Trinajstić information content (AvgIpc) is 2.58. The zero-order valence-corrected chi connectivity index (χ0v) is 15.6. The molecule has 0 aromatic heterocycles. The highest BCUT2D eigenvalue weighted by atomic mass is 32.2.